The number of halogens is 2. The second kappa shape index (κ2) is 4.41. The summed E-state index contributed by atoms with van der Waals surface area (Å²) in [4.78, 5) is 11.5. The maximum Gasteiger partial charge on any atom is 0.336 e. The van der Waals surface area contributed by atoms with Crippen LogP contribution < -0.4 is 5.73 Å². The van der Waals surface area contributed by atoms with Crippen molar-refractivity contribution in [3.63, 3.8) is 0 Å². The highest BCUT2D eigenvalue weighted by molar-refractivity contribution is 5.83. The molecule has 1 rings (SSSR count). The van der Waals surface area contributed by atoms with Crippen molar-refractivity contribution in [3.8, 4) is 0 Å². The van der Waals surface area contributed by atoms with Crippen LogP contribution >= 0.6 is 0 Å². The van der Waals surface area contributed by atoms with Gasteiger partial charge in [-0.3, -0.25) is 0 Å². The van der Waals surface area contributed by atoms with E-state index in [1.165, 1.54) is 12.1 Å². The Morgan fingerprint density at radius 1 is 1.29 bits per heavy atom. The summed E-state index contributed by atoms with van der Waals surface area (Å²) < 4.78 is 31.5. The Bertz CT molecular complexity index is 412. The number of carbonyl (C=O) groups is 1. The van der Waals surface area contributed by atoms with Crippen LogP contribution in [0.15, 0.2) is 24.3 Å². The molecule has 0 aromatic heterocycles. The van der Waals surface area contributed by atoms with Crippen molar-refractivity contribution < 1.29 is 18.3 Å². The molecule has 0 saturated carbocycles. The van der Waals surface area contributed by atoms with Gasteiger partial charge >= 0.3 is 5.97 Å². The highest BCUT2D eigenvalue weighted by atomic mass is 19.3. The van der Waals surface area contributed by atoms with Crippen molar-refractivity contribution in [2.75, 3.05) is 7.11 Å². The lowest BCUT2D eigenvalue weighted by atomic mass is 9.85. The Morgan fingerprint density at radius 2 is 1.76 bits per heavy atom. The van der Waals surface area contributed by atoms with Crippen molar-refractivity contribution in [1.82, 2.24) is 0 Å². The quantitative estimate of drug-likeness (QED) is 0.826. The normalized spacial score (nSPS) is 15.2. The molecule has 0 amide bonds. The average Bonchev–Trinajstić information content (AvgIpc) is 2.26. The Labute approximate surface area is 98.6 Å². The summed E-state index contributed by atoms with van der Waals surface area (Å²) in [5, 5.41) is 0. The number of carbonyl (C=O) groups excluding carboxylic acids is 1. The maximum atomic E-state index is 13.6. The molecular formula is C12H15F2NO2. The van der Waals surface area contributed by atoms with Crippen LogP contribution in [-0.4, -0.2) is 19.0 Å². The predicted molar refractivity (Wildman–Crippen MR) is 59.7 cm³/mol. The summed E-state index contributed by atoms with van der Waals surface area (Å²) in [5.41, 5.74) is 4.03. The van der Waals surface area contributed by atoms with Crippen LogP contribution in [0.25, 0.3) is 0 Å². The lowest BCUT2D eigenvalue weighted by molar-refractivity contribution is -0.164. The first-order chi connectivity index (χ1) is 7.73. The van der Waals surface area contributed by atoms with Gasteiger partial charge in [0.25, 0.3) is 5.92 Å². The minimum Gasteiger partial charge on any atom is -0.467 e. The molecule has 0 fully saturated rings. The summed E-state index contributed by atoms with van der Waals surface area (Å²) >= 11 is 0. The number of rotatable bonds is 3. The number of esters is 1. The lowest BCUT2D eigenvalue weighted by Gasteiger charge is -2.32. The summed E-state index contributed by atoms with van der Waals surface area (Å²) in [6, 6.07) is 6.05. The highest BCUT2D eigenvalue weighted by Crippen LogP contribution is 2.36. The number of hydrogen-bond acceptors (Lipinski definition) is 3. The minimum absolute atomic E-state index is 0.0300. The summed E-state index contributed by atoms with van der Waals surface area (Å²) in [6.45, 7) is 2.41. The van der Waals surface area contributed by atoms with Crippen molar-refractivity contribution in [2.24, 2.45) is 5.73 Å². The van der Waals surface area contributed by atoms with Crippen LogP contribution in [0, 0.1) is 6.92 Å². The second-order valence-corrected chi connectivity index (χ2v) is 4.05. The first-order valence-electron chi connectivity index (χ1n) is 5.05. The molecule has 0 aliphatic heterocycles. The second-order valence-electron chi connectivity index (χ2n) is 4.05. The van der Waals surface area contributed by atoms with Crippen LogP contribution in [0.2, 0.25) is 0 Å². The molecule has 0 spiro atoms. The zero-order valence-corrected chi connectivity index (χ0v) is 9.96. The molecule has 0 aliphatic carbocycles. The van der Waals surface area contributed by atoms with Gasteiger partial charge in [0.15, 0.2) is 0 Å². The van der Waals surface area contributed by atoms with Crippen molar-refractivity contribution >= 4 is 5.97 Å². The first kappa shape index (κ1) is 13.6. The lowest BCUT2D eigenvalue weighted by Crippen LogP contribution is -2.57. The Hall–Kier alpha value is -1.49. The van der Waals surface area contributed by atoms with E-state index < -0.39 is 17.4 Å². The number of methoxy groups -OCH3 is 1. The van der Waals surface area contributed by atoms with E-state index in [2.05, 4.69) is 4.74 Å². The molecule has 0 bridgehead atoms. The molecular weight excluding hydrogens is 228 g/mol. The third-order valence-electron chi connectivity index (χ3n) is 2.71. The Balaban J connectivity index is 3.34. The first-order valence-corrected chi connectivity index (χ1v) is 5.05. The molecule has 1 aromatic rings. The van der Waals surface area contributed by atoms with Crippen LogP contribution in [0.3, 0.4) is 0 Å². The molecule has 0 radical (unpaired) electrons. The summed E-state index contributed by atoms with van der Waals surface area (Å²) in [6.07, 6.45) is 0. The minimum atomic E-state index is -3.42. The van der Waals surface area contributed by atoms with Gasteiger partial charge in [-0.2, -0.15) is 0 Å². The average molecular weight is 243 g/mol. The zero-order chi connectivity index (χ0) is 13.3. The highest BCUT2D eigenvalue weighted by Gasteiger charge is 2.55. The Kier molecular flexibility index (Phi) is 3.52. The summed E-state index contributed by atoms with van der Waals surface area (Å²) in [7, 11) is 1.03. The molecule has 2 N–H and O–H groups in total. The van der Waals surface area contributed by atoms with Gasteiger partial charge in [-0.15, -0.1) is 0 Å². The molecule has 0 saturated heterocycles. The SMILES string of the molecule is COC(=O)C(N)(c1ccc(C)cc1)C(C)(F)F. The molecule has 0 heterocycles. The van der Waals surface area contributed by atoms with Crippen LogP contribution in [0.4, 0.5) is 8.78 Å². The van der Waals surface area contributed by atoms with E-state index in [-0.39, 0.29) is 5.56 Å². The predicted octanol–water partition coefficient (Wildman–Crippen LogP) is 1.98. The standard InChI is InChI=1S/C12H15F2NO2/c1-8-4-6-9(7-5-8)12(15,10(16)17-3)11(2,13)14/h4-7H,15H2,1-3H3. The van der Waals surface area contributed by atoms with Crippen LogP contribution in [-0.2, 0) is 15.1 Å². The fourth-order valence-corrected chi connectivity index (χ4v) is 1.53. The van der Waals surface area contributed by atoms with E-state index in [9.17, 15) is 13.6 Å². The van der Waals surface area contributed by atoms with Gasteiger partial charge in [0, 0.05) is 6.92 Å². The van der Waals surface area contributed by atoms with Crippen LogP contribution in [0.1, 0.15) is 18.1 Å². The van der Waals surface area contributed by atoms with E-state index in [0.717, 1.165) is 12.7 Å². The molecule has 1 aromatic carbocycles. The van der Waals surface area contributed by atoms with Crippen LogP contribution in [0.5, 0.6) is 0 Å². The number of benzene rings is 1. The molecule has 17 heavy (non-hydrogen) atoms. The molecule has 94 valence electrons. The zero-order valence-electron chi connectivity index (χ0n) is 9.96. The molecule has 1 unspecified atom stereocenters. The molecule has 5 heteroatoms. The van der Waals surface area contributed by atoms with Gasteiger partial charge in [-0.25, -0.2) is 13.6 Å². The van der Waals surface area contributed by atoms with E-state index in [4.69, 9.17) is 5.73 Å². The van der Waals surface area contributed by atoms with Gasteiger partial charge in [-0.1, -0.05) is 29.8 Å². The third kappa shape index (κ3) is 2.29. The van der Waals surface area contributed by atoms with E-state index in [0.29, 0.717) is 6.92 Å². The van der Waals surface area contributed by atoms with E-state index in [1.807, 2.05) is 6.92 Å². The topological polar surface area (TPSA) is 52.3 Å². The number of aryl methyl sites for hydroxylation is 1. The Morgan fingerprint density at radius 3 is 2.12 bits per heavy atom. The van der Waals surface area contributed by atoms with Gasteiger partial charge in [0.2, 0.25) is 5.54 Å². The smallest absolute Gasteiger partial charge is 0.336 e. The van der Waals surface area contributed by atoms with Gasteiger partial charge in [0.1, 0.15) is 0 Å². The molecule has 3 nitrogen and oxygen atoms in total. The molecule has 1 atom stereocenters. The number of alkyl halides is 2. The van der Waals surface area contributed by atoms with Crippen molar-refractivity contribution in [3.05, 3.63) is 35.4 Å². The third-order valence-corrected chi connectivity index (χ3v) is 2.71. The van der Waals surface area contributed by atoms with Gasteiger partial charge in [0.05, 0.1) is 7.11 Å². The fourth-order valence-electron chi connectivity index (χ4n) is 1.53. The monoisotopic (exact) mass is 243 g/mol. The maximum absolute atomic E-state index is 13.6. The molecule has 0 aliphatic rings. The van der Waals surface area contributed by atoms with E-state index in [1.54, 1.807) is 12.1 Å². The fraction of sp³-hybridized carbons (Fsp3) is 0.417. The number of hydrogen-bond donors (Lipinski definition) is 1. The van der Waals surface area contributed by atoms with E-state index >= 15 is 0 Å². The largest absolute Gasteiger partial charge is 0.467 e. The van der Waals surface area contributed by atoms with Crippen molar-refractivity contribution in [1.29, 1.82) is 0 Å². The number of nitrogens with two attached hydrogens (primary N) is 1. The summed E-state index contributed by atoms with van der Waals surface area (Å²) in [5.74, 6) is -4.58. The van der Waals surface area contributed by atoms with Gasteiger partial charge in [-0.05, 0) is 12.5 Å². The number of ether oxygens (including phenoxy) is 1. The van der Waals surface area contributed by atoms with Gasteiger partial charge < -0.3 is 10.5 Å². The van der Waals surface area contributed by atoms with Crippen molar-refractivity contribution in [2.45, 2.75) is 25.3 Å².